The Kier molecular flexibility index (Phi) is 2.41. The number of rotatable bonds is 2. The van der Waals surface area contributed by atoms with E-state index in [4.69, 9.17) is 17.3 Å². The van der Waals surface area contributed by atoms with Crippen LogP contribution in [0.2, 0.25) is 0 Å². The Hall–Kier alpha value is -0.680. The molecule has 1 heterocycles. The highest BCUT2D eigenvalue weighted by molar-refractivity contribution is 7.71. The van der Waals surface area contributed by atoms with Crippen LogP contribution < -0.4 is 0 Å². The van der Waals surface area contributed by atoms with E-state index in [0.29, 0.717) is 11.2 Å². The van der Waals surface area contributed by atoms with Gasteiger partial charge in [0, 0.05) is 13.5 Å². The summed E-state index contributed by atoms with van der Waals surface area (Å²) in [6.07, 6.45) is 0.155. The molecule has 0 amide bonds. The van der Waals surface area contributed by atoms with E-state index in [1.54, 1.807) is 11.5 Å². The minimum absolute atomic E-state index is 0.376. The molecule has 0 saturated heterocycles. The summed E-state index contributed by atoms with van der Waals surface area (Å²) in [5.74, 6) is 0.782. The van der Waals surface area contributed by atoms with Crippen molar-refractivity contribution in [2.45, 2.75) is 19.4 Å². The summed E-state index contributed by atoms with van der Waals surface area (Å²) < 4.78 is 2.34. The van der Waals surface area contributed by atoms with Crippen LogP contribution in [-0.4, -0.2) is 26.0 Å². The quantitative estimate of drug-likeness (QED) is 0.636. The van der Waals surface area contributed by atoms with Crippen molar-refractivity contribution in [1.82, 2.24) is 14.8 Å². The molecule has 1 aromatic heterocycles. The first kappa shape index (κ1) is 8.42. The van der Waals surface area contributed by atoms with E-state index in [1.807, 2.05) is 7.05 Å². The van der Waals surface area contributed by atoms with Crippen LogP contribution in [0.1, 0.15) is 12.7 Å². The van der Waals surface area contributed by atoms with E-state index >= 15 is 0 Å². The number of aromatic nitrogens is 3. The van der Waals surface area contributed by atoms with Gasteiger partial charge in [0.05, 0.1) is 6.10 Å². The molecule has 0 aromatic carbocycles. The minimum Gasteiger partial charge on any atom is -0.393 e. The number of H-pyrrole nitrogens is 1. The molecule has 0 aliphatic heterocycles. The smallest absolute Gasteiger partial charge is 0.194 e. The van der Waals surface area contributed by atoms with Crippen molar-refractivity contribution in [3.63, 3.8) is 0 Å². The van der Waals surface area contributed by atoms with Crippen LogP contribution >= 0.6 is 12.2 Å². The van der Waals surface area contributed by atoms with Crippen molar-refractivity contribution in [2.24, 2.45) is 7.05 Å². The first-order valence-electron chi connectivity index (χ1n) is 3.39. The Morgan fingerprint density at radius 3 is 2.82 bits per heavy atom. The predicted octanol–water partition coefficient (Wildman–Crippen LogP) is 0.401. The van der Waals surface area contributed by atoms with E-state index in [0.717, 1.165) is 5.82 Å². The second-order valence-corrected chi connectivity index (χ2v) is 2.94. The number of aliphatic hydroxyl groups excluding tert-OH is 1. The first-order chi connectivity index (χ1) is 5.11. The monoisotopic (exact) mass is 173 g/mol. The lowest BCUT2D eigenvalue weighted by molar-refractivity contribution is 0.191. The normalized spacial score (nSPS) is 13.4. The summed E-state index contributed by atoms with van der Waals surface area (Å²) in [5.41, 5.74) is 0. The molecule has 62 valence electrons. The van der Waals surface area contributed by atoms with Gasteiger partial charge >= 0.3 is 0 Å². The van der Waals surface area contributed by atoms with Crippen molar-refractivity contribution >= 4 is 12.2 Å². The average molecular weight is 173 g/mol. The zero-order valence-corrected chi connectivity index (χ0v) is 7.35. The lowest BCUT2D eigenvalue weighted by Gasteiger charge is -2.01. The summed E-state index contributed by atoms with van der Waals surface area (Å²) in [6.45, 7) is 1.72. The van der Waals surface area contributed by atoms with Crippen molar-refractivity contribution < 1.29 is 5.11 Å². The van der Waals surface area contributed by atoms with Crippen LogP contribution in [0, 0.1) is 4.77 Å². The molecule has 0 unspecified atom stereocenters. The van der Waals surface area contributed by atoms with Crippen LogP contribution in [0.25, 0.3) is 0 Å². The lowest BCUT2D eigenvalue weighted by Crippen LogP contribution is -2.09. The number of nitrogens with one attached hydrogen (secondary N) is 1. The third-order valence-corrected chi connectivity index (χ3v) is 1.82. The largest absolute Gasteiger partial charge is 0.393 e. The first-order valence-corrected chi connectivity index (χ1v) is 3.80. The number of aromatic amines is 1. The maximum atomic E-state index is 9.04. The minimum atomic E-state index is -0.376. The van der Waals surface area contributed by atoms with Crippen LogP contribution in [-0.2, 0) is 13.5 Å². The molecule has 0 bridgehead atoms. The van der Waals surface area contributed by atoms with Gasteiger partial charge in [-0.3, -0.25) is 5.10 Å². The molecule has 2 N–H and O–H groups in total. The highest BCUT2D eigenvalue weighted by Crippen LogP contribution is 1.98. The second kappa shape index (κ2) is 3.15. The molecular formula is C6H11N3OS. The Morgan fingerprint density at radius 2 is 2.45 bits per heavy atom. The summed E-state index contributed by atoms with van der Waals surface area (Å²) in [5, 5.41) is 15.6. The molecule has 1 rings (SSSR count). The fourth-order valence-corrected chi connectivity index (χ4v) is 0.977. The Labute approximate surface area is 69.9 Å². The third kappa shape index (κ3) is 1.87. The Bertz CT molecular complexity index is 288. The molecule has 4 nitrogen and oxygen atoms in total. The second-order valence-electron chi connectivity index (χ2n) is 2.56. The maximum Gasteiger partial charge on any atom is 0.194 e. The van der Waals surface area contributed by atoms with Crippen molar-refractivity contribution in [1.29, 1.82) is 0 Å². The van der Waals surface area contributed by atoms with Crippen LogP contribution in [0.3, 0.4) is 0 Å². The van der Waals surface area contributed by atoms with E-state index in [-0.39, 0.29) is 6.10 Å². The SMILES string of the molecule is C[C@H](O)Cc1n[nH]c(=S)n1C. The molecule has 0 aliphatic carbocycles. The third-order valence-electron chi connectivity index (χ3n) is 1.45. The van der Waals surface area contributed by atoms with Crippen molar-refractivity contribution in [2.75, 3.05) is 0 Å². The van der Waals surface area contributed by atoms with Crippen LogP contribution in [0.15, 0.2) is 0 Å². The molecular weight excluding hydrogens is 162 g/mol. The number of nitrogens with zero attached hydrogens (tertiary/aromatic N) is 2. The zero-order chi connectivity index (χ0) is 8.43. The number of hydrogen-bond donors (Lipinski definition) is 2. The van der Waals surface area contributed by atoms with Gasteiger partial charge in [0.1, 0.15) is 5.82 Å². The molecule has 0 spiro atoms. The zero-order valence-electron chi connectivity index (χ0n) is 6.53. The highest BCUT2D eigenvalue weighted by Gasteiger charge is 2.04. The van der Waals surface area contributed by atoms with E-state index in [1.165, 1.54) is 0 Å². The highest BCUT2D eigenvalue weighted by atomic mass is 32.1. The van der Waals surface area contributed by atoms with Gasteiger partial charge in [-0.25, -0.2) is 0 Å². The Balaban J connectivity index is 2.87. The Morgan fingerprint density at radius 1 is 1.82 bits per heavy atom. The van der Waals surface area contributed by atoms with Gasteiger partial charge < -0.3 is 9.67 Å². The molecule has 0 saturated carbocycles. The summed E-state index contributed by atoms with van der Waals surface area (Å²) >= 11 is 4.89. The molecule has 1 aromatic rings. The predicted molar refractivity (Wildman–Crippen MR) is 43.8 cm³/mol. The number of hydrogen-bond acceptors (Lipinski definition) is 3. The standard InChI is InChI=1S/C6H11N3OS/c1-4(10)3-5-7-8-6(11)9(5)2/h4,10H,3H2,1-2H3,(H,8,11)/t4-/m0/s1. The van der Waals surface area contributed by atoms with Crippen LogP contribution in [0.5, 0.6) is 0 Å². The maximum absolute atomic E-state index is 9.04. The summed E-state index contributed by atoms with van der Waals surface area (Å²) in [6, 6.07) is 0. The van der Waals surface area contributed by atoms with Gasteiger partial charge in [0.15, 0.2) is 4.77 Å². The van der Waals surface area contributed by atoms with Gasteiger partial charge in [0.2, 0.25) is 0 Å². The van der Waals surface area contributed by atoms with Gasteiger partial charge in [-0.2, -0.15) is 5.10 Å². The molecule has 5 heteroatoms. The van der Waals surface area contributed by atoms with Crippen LogP contribution in [0.4, 0.5) is 0 Å². The molecule has 0 fully saturated rings. The summed E-state index contributed by atoms with van der Waals surface area (Å²) in [4.78, 5) is 0. The van der Waals surface area contributed by atoms with Gasteiger partial charge in [-0.05, 0) is 19.1 Å². The average Bonchev–Trinajstić information content (AvgIpc) is 2.18. The van der Waals surface area contributed by atoms with E-state index in [2.05, 4.69) is 10.2 Å². The van der Waals surface area contributed by atoms with Crippen molar-refractivity contribution in [3.05, 3.63) is 10.6 Å². The topological polar surface area (TPSA) is 53.8 Å². The molecule has 0 radical (unpaired) electrons. The fourth-order valence-electron chi connectivity index (χ4n) is 0.826. The van der Waals surface area contributed by atoms with Gasteiger partial charge in [-0.1, -0.05) is 0 Å². The van der Waals surface area contributed by atoms with Crippen molar-refractivity contribution in [3.8, 4) is 0 Å². The molecule has 11 heavy (non-hydrogen) atoms. The molecule has 1 atom stereocenters. The van der Waals surface area contributed by atoms with E-state index < -0.39 is 0 Å². The lowest BCUT2D eigenvalue weighted by atomic mass is 10.3. The van der Waals surface area contributed by atoms with E-state index in [9.17, 15) is 0 Å². The summed E-state index contributed by atoms with van der Waals surface area (Å²) in [7, 11) is 1.82. The van der Waals surface area contributed by atoms with Gasteiger partial charge in [0.25, 0.3) is 0 Å². The molecule has 0 aliphatic rings. The van der Waals surface area contributed by atoms with Gasteiger partial charge in [-0.15, -0.1) is 0 Å². The number of aliphatic hydroxyl groups is 1. The fraction of sp³-hybridized carbons (Fsp3) is 0.667.